The zero-order valence-electron chi connectivity index (χ0n) is 21.4. The van der Waals surface area contributed by atoms with Gasteiger partial charge in [0.1, 0.15) is 4.53 Å². The van der Waals surface area contributed by atoms with Gasteiger partial charge in [0.05, 0.1) is 35.2 Å². The number of nitrogens with zero attached hydrogens (tertiary/aromatic N) is 4. The monoisotopic (exact) mass is 516 g/mol. The lowest BCUT2D eigenvalue weighted by Gasteiger charge is -2.25. The van der Waals surface area contributed by atoms with E-state index < -0.39 is 12.0 Å². The molecule has 0 bridgehead atoms. The molecular weight excluding hydrogens is 488 g/mol. The average Bonchev–Trinajstić information content (AvgIpc) is 3.35. The number of benzene rings is 2. The fourth-order valence-electron chi connectivity index (χ4n) is 4.93. The molecule has 1 aromatic heterocycles. The van der Waals surface area contributed by atoms with Gasteiger partial charge in [0.2, 0.25) is 0 Å². The zero-order chi connectivity index (χ0) is 26.4. The predicted octanol–water partition coefficient (Wildman–Crippen LogP) is 2.60. The number of thiazole rings is 1. The molecule has 1 amide bonds. The molecule has 2 aromatic carbocycles. The number of aromatic nitrogens is 1. The van der Waals surface area contributed by atoms with Crippen LogP contribution < -0.4 is 24.7 Å². The van der Waals surface area contributed by atoms with Crippen molar-refractivity contribution in [2.24, 2.45) is 4.99 Å². The number of anilines is 2. The predicted molar refractivity (Wildman–Crippen MR) is 145 cm³/mol. The van der Waals surface area contributed by atoms with E-state index in [1.165, 1.54) is 15.9 Å². The number of likely N-dealkylation sites (N-methyl/N-ethyl adjacent to an activating group) is 1. The molecule has 0 aliphatic carbocycles. The van der Waals surface area contributed by atoms with Crippen molar-refractivity contribution in [2.45, 2.75) is 26.8 Å². The van der Waals surface area contributed by atoms with Gasteiger partial charge in [0.25, 0.3) is 11.5 Å². The molecule has 0 unspecified atom stereocenters. The van der Waals surface area contributed by atoms with Crippen LogP contribution in [0.2, 0.25) is 0 Å². The van der Waals surface area contributed by atoms with Gasteiger partial charge in [-0.25, -0.2) is 9.79 Å². The van der Waals surface area contributed by atoms with Crippen LogP contribution in [0.5, 0.6) is 0 Å². The lowest BCUT2D eigenvalue weighted by atomic mass is 9.95. The first-order valence-corrected chi connectivity index (χ1v) is 13.0. The van der Waals surface area contributed by atoms with Crippen molar-refractivity contribution < 1.29 is 14.3 Å². The molecule has 3 aromatic rings. The van der Waals surface area contributed by atoms with E-state index >= 15 is 0 Å². The summed E-state index contributed by atoms with van der Waals surface area (Å²) < 4.78 is 7.22. The maximum absolute atomic E-state index is 14.1. The fourth-order valence-corrected chi connectivity index (χ4v) is 6.06. The van der Waals surface area contributed by atoms with Gasteiger partial charge in [0, 0.05) is 31.9 Å². The number of fused-ring (bicyclic) bond motifs is 2. The first-order chi connectivity index (χ1) is 17.8. The van der Waals surface area contributed by atoms with Gasteiger partial charge in [-0.05, 0) is 44.5 Å². The maximum Gasteiger partial charge on any atom is 0.338 e. The Balaban J connectivity index is 1.80. The van der Waals surface area contributed by atoms with E-state index in [1.54, 1.807) is 18.7 Å². The average molecular weight is 517 g/mol. The van der Waals surface area contributed by atoms with Crippen LogP contribution in [0.15, 0.2) is 69.6 Å². The lowest BCUT2D eigenvalue weighted by Crippen LogP contribution is -2.41. The Morgan fingerprint density at radius 2 is 1.78 bits per heavy atom. The molecule has 0 spiro atoms. The molecule has 9 heteroatoms. The van der Waals surface area contributed by atoms with Crippen molar-refractivity contribution in [1.82, 2.24) is 4.57 Å². The molecule has 8 nitrogen and oxygen atoms in total. The van der Waals surface area contributed by atoms with Gasteiger partial charge in [-0.2, -0.15) is 0 Å². The normalized spacial score (nSPS) is 17.9. The summed E-state index contributed by atoms with van der Waals surface area (Å²) in [6.07, 6.45) is 0. The van der Waals surface area contributed by atoms with Crippen molar-refractivity contribution in [3.63, 3.8) is 0 Å². The number of ether oxygens (including phenoxy) is 1. The quantitative estimate of drug-likeness (QED) is 0.487. The SMILES string of the molecule is CCOC(=O)C1=C(C)N=c2s/c(=C3/C(=O)N(CC)c4ccccc43)c(=O)n2[C@H]1c1ccc(N(C)C)cc1. The van der Waals surface area contributed by atoms with Crippen LogP contribution in [-0.2, 0) is 14.3 Å². The van der Waals surface area contributed by atoms with Crippen LogP contribution >= 0.6 is 11.3 Å². The van der Waals surface area contributed by atoms with Crippen LogP contribution in [-0.4, -0.2) is 43.7 Å². The molecule has 37 heavy (non-hydrogen) atoms. The Kier molecular flexibility index (Phi) is 6.33. The van der Waals surface area contributed by atoms with Crippen molar-refractivity contribution >= 4 is 40.2 Å². The van der Waals surface area contributed by atoms with E-state index in [2.05, 4.69) is 4.99 Å². The first-order valence-electron chi connectivity index (χ1n) is 12.2. The van der Waals surface area contributed by atoms with E-state index in [9.17, 15) is 14.4 Å². The minimum atomic E-state index is -0.727. The third-order valence-corrected chi connectivity index (χ3v) is 7.74. The highest BCUT2D eigenvalue weighted by atomic mass is 32.1. The van der Waals surface area contributed by atoms with Gasteiger partial charge in [-0.3, -0.25) is 14.2 Å². The van der Waals surface area contributed by atoms with Gasteiger partial charge >= 0.3 is 5.97 Å². The van der Waals surface area contributed by atoms with Crippen molar-refractivity contribution in [1.29, 1.82) is 0 Å². The third-order valence-electron chi connectivity index (χ3n) is 6.68. The molecule has 0 saturated heterocycles. The smallest absolute Gasteiger partial charge is 0.338 e. The van der Waals surface area contributed by atoms with Gasteiger partial charge in [0.15, 0.2) is 4.80 Å². The summed E-state index contributed by atoms with van der Waals surface area (Å²) in [6, 6.07) is 14.5. The Morgan fingerprint density at radius 1 is 1.08 bits per heavy atom. The number of allylic oxidation sites excluding steroid dienone is 1. The summed E-state index contributed by atoms with van der Waals surface area (Å²) >= 11 is 1.18. The zero-order valence-corrected chi connectivity index (χ0v) is 22.3. The summed E-state index contributed by atoms with van der Waals surface area (Å²) in [4.78, 5) is 49.4. The number of carbonyl (C=O) groups excluding carboxylic acids is 2. The Bertz CT molecular complexity index is 1630. The number of para-hydroxylation sites is 1. The van der Waals surface area contributed by atoms with Crippen LogP contribution in [0.1, 0.15) is 37.9 Å². The Morgan fingerprint density at radius 3 is 2.43 bits per heavy atom. The summed E-state index contributed by atoms with van der Waals surface area (Å²) in [6.45, 7) is 6.10. The van der Waals surface area contributed by atoms with E-state index in [0.29, 0.717) is 32.7 Å². The van der Waals surface area contributed by atoms with Crippen molar-refractivity contribution in [2.75, 3.05) is 37.0 Å². The largest absolute Gasteiger partial charge is 0.463 e. The second-order valence-electron chi connectivity index (χ2n) is 9.05. The summed E-state index contributed by atoms with van der Waals surface area (Å²) in [5, 5.41) is 0. The number of hydrogen-bond acceptors (Lipinski definition) is 7. The molecule has 2 aliphatic rings. The van der Waals surface area contributed by atoms with Crippen molar-refractivity contribution in [3.05, 3.63) is 90.6 Å². The third kappa shape index (κ3) is 3.90. The highest BCUT2D eigenvalue weighted by Crippen LogP contribution is 2.35. The molecular formula is C28H28N4O4S. The number of esters is 1. The minimum Gasteiger partial charge on any atom is -0.463 e. The lowest BCUT2D eigenvalue weighted by molar-refractivity contribution is -0.139. The number of hydrogen-bond donors (Lipinski definition) is 0. The summed E-state index contributed by atoms with van der Waals surface area (Å²) in [7, 11) is 3.90. The molecule has 1 atom stereocenters. The van der Waals surface area contributed by atoms with Crippen LogP contribution in [0.4, 0.5) is 11.4 Å². The fraction of sp³-hybridized carbons (Fsp3) is 0.286. The number of amides is 1. The highest BCUT2D eigenvalue weighted by Gasteiger charge is 2.36. The molecule has 0 radical (unpaired) electrons. The first kappa shape index (κ1) is 24.7. The molecule has 0 saturated carbocycles. The van der Waals surface area contributed by atoms with Crippen LogP contribution in [0, 0.1) is 0 Å². The molecule has 0 N–H and O–H groups in total. The van der Waals surface area contributed by atoms with Gasteiger partial charge in [-0.1, -0.05) is 41.7 Å². The van der Waals surface area contributed by atoms with E-state index in [1.807, 2.05) is 74.4 Å². The van der Waals surface area contributed by atoms with Gasteiger partial charge in [-0.15, -0.1) is 0 Å². The molecule has 2 aliphatic heterocycles. The Labute approximate surface area is 218 Å². The molecule has 5 rings (SSSR count). The topological polar surface area (TPSA) is 84.2 Å². The Hall–Kier alpha value is -3.98. The maximum atomic E-state index is 14.1. The molecule has 190 valence electrons. The molecule has 3 heterocycles. The standard InChI is InChI=1S/C28H28N4O4S/c1-6-31-20-11-9-8-10-19(20)22(25(31)33)24-26(34)32-23(17-12-14-18(15-13-17)30(4)5)21(27(35)36-7-2)16(3)29-28(32)37-24/h8-15,23H,6-7H2,1-5H3/b24-22+/t23-/m0/s1. The number of rotatable bonds is 5. The summed E-state index contributed by atoms with van der Waals surface area (Å²) in [5.41, 5.74) is 4.10. The highest BCUT2D eigenvalue weighted by molar-refractivity contribution is 7.07. The second kappa shape index (κ2) is 9.48. The van der Waals surface area contributed by atoms with E-state index in [-0.39, 0.29) is 18.1 Å². The minimum absolute atomic E-state index is 0.203. The van der Waals surface area contributed by atoms with E-state index in [0.717, 1.165) is 22.5 Å². The molecule has 0 fully saturated rings. The summed E-state index contributed by atoms with van der Waals surface area (Å²) in [5.74, 6) is -0.718. The van der Waals surface area contributed by atoms with Crippen LogP contribution in [0.3, 0.4) is 0 Å². The van der Waals surface area contributed by atoms with Crippen molar-refractivity contribution in [3.8, 4) is 0 Å². The number of carbonyl (C=O) groups is 2. The van der Waals surface area contributed by atoms with Crippen LogP contribution in [0.25, 0.3) is 5.57 Å². The second-order valence-corrected chi connectivity index (χ2v) is 10.0. The van der Waals surface area contributed by atoms with E-state index in [4.69, 9.17) is 4.74 Å². The van der Waals surface area contributed by atoms with Gasteiger partial charge < -0.3 is 14.5 Å².